The molecule has 1 aliphatic heterocycles. The Hall–Kier alpha value is -2.74. The molecule has 0 unspecified atom stereocenters. The minimum Gasteiger partial charge on any atom is -0.461 e. The van der Waals surface area contributed by atoms with Gasteiger partial charge in [0.1, 0.15) is 5.00 Å². The fraction of sp³-hybridized carbons (Fsp3) is 0.429. The molecule has 0 spiro atoms. The molecule has 1 aliphatic carbocycles. The number of fused-ring (bicyclic) bond motifs is 1. The van der Waals surface area contributed by atoms with Gasteiger partial charge in [-0.05, 0) is 42.9 Å². The molecule has 3 heterocycles. The minimum atomic E-state index is -0.322. The Bertz CT molecular complexity index is 960. The summed E-state index contributed by atoms with van der Waals surface area (Å²) in [7, 11) is 0. The Morgan fingerprint density at radius 3 is 2.69 bits per heavy atom. The van der Waals surface area contributed by atoms with Crippen molar-refractivity contribution in [3.63, 3.8) is 0 Å². The van der Waals surface area contributed by atoms with Crippen LogP contribution in [0.4, 0.5) is 5.00 Å². The molecule has 0 saturated carbocycles. The lowest BCUT2D eigenvalue weighted by Crippen LogP contribution is -2.32. The van der Waals surface area contributed by atoms with Crippen molar-refractivity contribution < 1.29 is 23.6 Å². The average molecular weight is 414 g/mol. The lowest BCUT2D eigenvalue weighted by atomic mass is 9.87. The van der Waals surface area contributed by atoms with Gasteiger partial charge in [-0.15, -0.1) is 11.3 Å². The number of likely N-dealkylation sites (tertiary alicyclic amines) is 1. The Morgan fingerprint density at radius 2 is 2.00 bits per heavy atom. The van der Waals surface area contributed by atoms with Crippen molar-refractivity contribution in [3.05, 3.63) is 40.2 Å². The quantitative estimate of drug-likeness (QED) is 0.578. The van der Waals surface area contributed by atoms with E-state index in [0.717, 1.165) is 34.6 Å². The Kier molecular flexibility index (Phi) is 5.36. The van der Waals surface area contributed by atoms with Gasteiger partial charge in [-0.2, -0.15) is 0 Å². The molecule has 3 amide bonds. The zero-order valence-corrected chi connectivity index (χ0v) is 17.0. The molecule has 7 nitrogen and oxygen atoms in total. The van der Waals surface area contributed by atoms with Crippen molar-refractivity contribution in [2.45, 2.75) is 45.4 Å². The van der Waals surface area contributed by atoms with Crippen LogP contribution in [-0.4, -0.2) is 34.9 Å². The van der Waals surface area contributed by atoms with Gasteiger partial charge in [0.25, 0.3) is 0 Å². The first kappa shape index (κ1) is 19.6. The molecule has 0 aromatic carbocycles. The number of amides is 3. The smallest absolute Gasteiger partial charge is 0.231 e. The average Bonchev–Trinajstić information content (AvgIpc) is 3.39. The Morgan fingerprint density at radius 1 is 1.24 bits per heavy atom. The highest BCUT2D eigenvalue weighted by atomic mass is 32.1. The molecule has 1 fully saturated rings. The van der Waals surface area contributed by atoms with E-state index in [9.17, 15) is 19.2 Å². The van der Waals surface area contributed by atoms with Gasteiger partial charge in [0.05, 0.1) is 11.8 Å². The van der Waals surface area contributed by atoms with E-state index in [2.05, 4.69) is 12.2 Å². The van der Waals surface area contributed by atoms with E-state index in [1.807, 2.05) is 0 Å². The first-order chi connectivity index (χ1) is 13.9. The topological polar surface area (TPSA) is 96.7 Å². The number of thiophene rings is 1. The predicted molar refractivity (Wildman–Crippen MR) is 107 cm³/mol. The van der Waals surface area contributed by atoms with Gasteiger partial charge in [-0.3, -0.25) is 24.1 Å². The molecule has 0 radical (unpaired) electrons. The number of imide groups is 1. The summed E-state index contributed by atoms with van der Waals surface area (Å²) in [6, 6.07) is 3.28. The third-order valence-electron chi connectivity index (χ3n) is 5.45. The number of nitrogens with one attached hydrogen (secondary N) is 1. The summed E-state index contributed by atoms with van der Waals surface area (Å²) < 4.78 is 5.29. The van der Waals surface area contributed by atoms with Crippen LogP contribution < -0.4 is 5.32 Å². The van der Waals surface area contributed by atoms with E-state index >= 15 is 0 Å². The monoisotopic (exact) mass is 414 g/mol. The molecule has 1 N–H and O–H groups in total. The summed E-state index contributed by atoms with van der Waals surface area (Å²) in [5.74, 6) is -0.259. The van der Waals surface area contributed by atoms with Gasteiger partial charge in [0.2, 0.25) is 23.5 Å². The predicted octanol–water partition coefficient (Wildman–Crippen LogP) is 3.17. The number of nitrogens with zero attached hydrogens (tertiary/aromatic N) is 1. The minimum absolute atomic E-state index is 0.00479. The molecule has 1 saturated heterocycles. The molecular formula is C21H22N2O5S. The zero-order chi connectivity index (χ0) is 20.5. The molecule has 1 atom stereocenters. The number of hydrogen-bond acceptors (Lipinski definition) is 6. The van der Waals surface area contributed by atoms with Gasteiger partial charge in [0.15, 0.2) is 5.76 Å². The number of hydrogen-bond donors (Lipinski definition) is 1. The van der Waals surface area contributed by atoms with Crippen LogP contribution in [0.2, 0.25) is 0 Å². The molecule has 4 rings (SSSR count). The van der Waals surface area contributed by atoms with Gasteiger partial charge in [-0.25, -0.2) is 0 Å². The lowest BCUT2D eigenvalue weighted by Gasteiger charge is -2.18. The first-order valence-electron chi connectivity index (χ1n) is 9.79. The first-order valence-corrected chi connectivity index (χ1v) is 10.6. The molecular weight excluding hydrogens is 392 g/mol. The van der Waals surface area contributed by atoms with Crippen molar-refractivity contribution in [1.29, 1.82) is 0 Å². The van der Waals surface area contributed by atoms with E-state index in [0.29, 0.717) is 16.5 Å². The normalized spacial score (nSPS) is 18.8. The summed E-state index contributed by atoms with van der Waals surface area (Å²) in [4.78, 5) is 51.3. The lowest BCUT2D eigenvalue weighted by molar-refractivity contribution is -0.138. The summed E-state index contributed by atoms with van der Waals surface area (Å²) in [5, 5.41) is 3.37. The fourth-order valence-corrected chi connectivity index (χ4v) is 5.31. The number of anilines is 1. The van der Waals surface area contributed by atoms with Crippen LogP contribution in [0, 0.1) is 5.92 Å². The number of rotatable bonds is 6. The summed E-state index contributed by atoms with van der Waals surface area (Å²) >= 11 is 1.44. The number of ketones is 1. The van der Waals surface area contributed by atoms with Crippen molar-refractivity contribution >= 4 is 39.8 Å². The maximum atomic E-state index is 13.0. The molecule has 0 bridgehead atoms. The second-order valence-corrected chi connectivity index (χ2v) is 8.70. The van der Waals surface area contributed by atoms with Gasteiger partial charge < -0.3 is 9.73 Å². The molecule has 152 valence electrons. The third-order valence-corrected chi connectivity index (χ3v) is 6.62. The van der Waals surface area contributed by atoms with Crippen LogP contribution in [0.25, 0.3) is 0 Å². The largest absolute Gasteiger partial charge is 0.461 e. The number of carbonyl (C=O) groups excluding carboxylic acids is 4. The van der Waals surface area contributed by atoms with Crippen molar-refractivity contribution in [2.75, 3.05) is 11.9 Å². The molecule has 29 heavy (non-hydrogen) atoms. The van der Waals surface area contributed by atoms with Gasteiger partial charge in [-0.1, -0.05) is 6.92 Å². The highest BCUT2D eigenvalue weighted by Gasteiger charge is 2.31. The Labute approximate surface area is 172 Å². The van der Waals surface area contributed by atoms with Crippen LogP contribution in [0.3, 0.4) is 0 Å². The van der Waals surface area contributed by atoms with E-state index in [-0.39, 0.29) is 55.1 Å². The van der Waals surface area contributed by atoms with E-state index < -0.39 is 0 Å². The van der Waals surface area contributed by atoms with E-state index in [4.69, 9.17) is 4.42 Å². The summed E-state index contributed by atoms with van der Waals surface area (Å²) in [6.45, 7) is 2.24. The van der Waals surface area contributed by atoms with Gasteiger partial charge in [0, 0.05) is 30.7 Å². The summed E-state index contributed by atoms with van der Waals surface area (Å²) in [6.07, 6.45) is 4.54. The highest BCUT2D eigenvalue weighted by molar-refractivity contribution is 7.17. The SMILES string of the molecule is C[C@H]1CCc2c(sc(NC(=O)CCN3C(=O)CCC3=O)c2C(=O)c2ccco2)C1. The van der Waals surface area contributed by atoms with Crippen molar-refractivity contribution in [3.8, 4) is 0 Å². The highest BCUT2D eigenvalue weighted by Crippen LogP contribution is 2.40. The molecule has 2 aromatic rings. The summed E-state index contributed by atoms with van der Waals surface area (Å²) in [5.41, 5.74) is 1.50. The molecule has 2 aliphatic rings. The zero-order valence-electron chi connectivity index (χ0n) is 16.2. The van der Waals surface area contributed by atoms with E-state index in [1.54, 1.807) is 12.1 Å². The number of furan rings is 1. The van der Waals surface area contributed by atoms with Crippen molar-refractivity contribution in [1.82, 2.24) is 4.90 Å². The number of carbonyl (C=O) groups is 4. The van der Waals surface area contributed by atoms with Crippen molar-refractivity contribution in [2.24, 2.45) is 5.92 Å². The van der Waals surface area contributed by atoms with Crippen LogP contribution in [-0.2, 0) is 27.2 Å². The molecule has 8 heteroatoms. The second kappa shape index (κ2) is 7.94. The third kappa shape index (κ3) is 3.89. The van der Waals surface area contributed by atoms with E-state index in [1.165, 1.54) is 17.6 Å². The second-order valence-electron chi connectivity index (χ2n) is 7.60. The Balaban J connectivity index is 1.54. The van der Waals surface area contributed by atoms with Crippen LogP contribution in [0.15, 0.2) is 22.8 Å². The molecule has 2 aromatic heterocycles. The fourth-order valence-electron chi connectivity index (χ4n) is 3.88. The maximum Gasteiger partial charge on any atom is 0.231 e. The van der Waals surface area contributed by atoms with Gasteiger partial charge >= 0.3 is 0 Å². The van der Waals surface area contributed by atoms with Crippen LogP contribution in [0.1, 0.15) is 59.2 Å². The maximum absolute atomic E-state index is 13.0. The van der Waals surface area contributed by atoms with Crippen LogP contribution >= 0.6 is 11.3 Å². The van der Waals surface area contributed by atoms with Crippen LogP contribution in [0.5, 0.6) is 0 Å². The standard InChI is InChI=1S/C21H22N2O5S/c1-12-4-5-13-15(11-12)29-21(19(13)20(27)14-3-2-10-28-14)22-16(24)8-9-23-17(25)6-7-18(23)26/h2-3,10,12H,4-9,11H2,1H3,(H,22,24)/t12-/m0/s1.